The maximum absolute atomic E-state index is 14.3. The first-order chi connectivity index (χ1) is 9.61. The highest BCUT2D eigenvalue weighted by Crippen LogP contribution is 2.32. The fourth-order valence-corrected chi connectivity index (χ4v) is 2.14. The van der Waals surface area contributed by atoms with Gasteiger partial charge in [-0.1, -0.05) is 30.3 Å². The van der Waals surface area contributed by atoms with E-state index >= 15 is 0 Å². The van der Waals surface area contributed by atoms with Gasteiger partial charge >= 0.3 is 0 Å². The van der Waals surface area contributed by atoms with Crippen LogP contribution >= 0.6 is 0 Å². The highest BCUT2D eigenvalue weighted by atomic mass is 19.1. The van der Waals surface area contributed by atoms with E-state index in [2.05, 4.69) is 5.32 Å². The van der Waals surface area contributed by atoms with Crippen LogP contribution in [0.1, 0.15) is 19.4 Å². The van der Waals surface area contributed by atoms with Crippen molar-refractivity contribution in [1.29, 1.82) is 0 Å². The number of halogens is 1. The fourth-order valence-electron chi connectivity index (χ4n) is 2.14. The second-order valence-corrected chi connectivity index (χ2v) is 5.01. The molecule has 0 bridgehead atoms. The van der Waals surface area contributed by atoms with Gasteiger partial charge in [-0.2, -0.15) is 0 Å². The van der Waals surface area contributed by atoms with E-state index in [4.69, 9.17) is 4.74 Å². The summed E-state index contributed by atoms with van der Waals surface area (Å²) in [6, 6.07) is 12.9. The van der Waals surface area contributed by atoms with E-state index in [1.165, 1.54) is 0 Å². The molecule has 20 heavy (non-hydrogen) atoms. The monoisotopic (exact) mass is 273 g/mol. The molecule has 0 atom stereocenters. The van der Waals surface area contributed by atoms with E-state index in [9.17, 15) is 4.39 Å². The molecule has 2 rings (SSSR count). The second kappa shape index (κ2) is 6.53. The molecule has 0 unspecified atom stereocenters. The van der Waals surface area contributed by atoms with Gasteiger partial charge in [-0.25, -0.2) is 4.39 Å². The van der Waals surface area contributed by atoms with E-state index in [0.717, 1.165) is 11.1 Å². The lowest BCUT2D eigenvalue weighted by molar-refractivity contribution is 0.243. The van der Waals surface area contributed by atoms with Crippen molar-refractivity contribution in [1.82, 2.24) is 5.32 Å². The van der Waals surface area contributed by atoms with Crippen molar-refractivity contribution < 1.29 is 9.13 Å². The molecule has 0 saturated heterocycles. The van der Waals surface area contributed by atoms with Crippen molar-refractivity contribution in [3.63, 3.8) is 0 Å². The van der Waals surface area contributed by atoms with E-state index in [-0.39, 0.29) is 11.9 Å². The molecule has 0 aromatic heterocycles. The summed E-state index contributed by atoms with van der Waals surface area (Å²) in [5, 5.41) is 3.02. The Hall–Kier alpha value is -1.87. The first-order valence-corrected chi connectivity index (χ1v) is 6.81. The lowest BCUT2D eigenvalue weighted by Gasteiger charge is -2.15. The van der Waals surface area contributed by atoms with E-state index < -0.39 is 0 Å². The predicted molar refractivity (Wildman–Crippen MR) is 80.4 cm³/mol. The van der Waals surface area contributed by atoms with Crippen LogP contribution in [0.4, 0.5) is 4.39 Å². The fraction of sp³-hybridized carbons (Fsp3) is 0.294. The van der Waals surface area contributed by atoms with Gasteiger partial charge in [0.05, 0.1) is 6.10 Å². The van der Waals surface area contributed by atoms with E-state index in [1.54, 1.807) is 6.07 Å². The third-order valence-corrected chi connectivity index (χ3v) is 2.95. The second-order valence-electron chi connectivity index (χ2n) is 5.01. The summed E-state index contributed by atoms with van der Waals surface area (Å²) >= 11 is 0. The Morgan fingerprint density at radius 3 is 2.50 bits per heavy atom. The molecular formula is C17H20FNO. The van der Waals surface area contributed by atoms with Crippen LogP contribution in [0.3, 0.4) is 0 Å². The Morgan fingerprint density at radius 2 is 1.85 bits per heavy atom. The molecule has 0 fully saturated rings. The Balaban J connectivity index is 2.41. The molecule has 2 nitrogen and oxygen atoms in total. The maximum atomic E-state index is 14.3. The number of hydrogen-bond donors (Lipinski definition) is 1. The summed E-state index contributed by atoms with van der Waals surface area (Å²) in [6.45, 7) is 4.58. The standard InChI is InChI=1S/C17H20FNO/c1-12(2)20-17-7-5-4-6-15(17)14-9-8-13(11-19-3)10-16(14)18/h4-10,12,19H,11H2,1-3H3. The molecule has 0 aliphatic carbocycles. The average Bonchev–Trinajstić information content (AvgIpc) is 2.40. The number of benzene rings is 2. The number of ether oxygens (including phenoxy) is 1. The zero-order valence-electron chi connectivity index (χ0n) is 12.1. The first kappa shape index (κ1) is 14.5. The van der Waals surface area contributed by atoms with Crippen LogP contribution in [0.5, 0.6) is 5.75 Å². The largest absolute Gasteiger partial charge is 0.490 e. The summed E-state index contributed by atoms with van der Waals surface area (Å²) in [4.78, 5) is 0. The summed E-state index contributed by atoms with van der Waals surface area (Å²) in [6.07, 6.45) is 0.0581. The van der Waals surface area contributed by atoms with Gasteiger partial charge in [0, 0.05) is 17.7 Å². The van der Waals surface area contributed by atoms with Crippen molar-refractivity contribution >= 4 is 0 Å². The Labute approximate surface area is 119 Å². The van der Waals surface area contributed by atoms with Gasteiger partial charge in [0.1, 0.15) is 11.6 Å². The highest BCUT2D eigenvalue weighted by Gasteiger charge is 2.12. The van der Waals surface area contributed by atoms with Gasteiger partial charge in [-0.3, -0.25) is 0 Å². The summed E-state index contributed by atoms with van der Waals surface area (Å²) < 4.78 is 20.0. The van der Waals surface area contributed by atoms with Crippen molar-refractivity contribution in [2.75, 3.05) is 7.05 Å². The van der Waals surface area contributed by atoms with Gasteiger partial charge in [0.2, 0.25) is 0 Å². The van der Waals surface area contributed by atoms with Crippen LogP contribution in [-0.2, 0) is 6.54 Å². The molecular weight excluding hydrogens is 253 g/mol. The van der Waals surface area contributed by atoms with Crippen molar-refractivity contribution in [3.05, 3.63) is 53.8 Å². The number of nitrogens with one attached hydrogen (secondary N) is 1. The summed E-state index contributed by atoms with van der Waals surface area (Å²) in [5.74, 6) is 0.486. The highest BCUT2D eigenvalue weighted by molar-refractivity contribution is 5.71. The van der Waals surface area contributed by atoms with Crippen molar-refractivity contribution in [3.8, 4) is 16.9 Å². The van der Waals surface area contributed by atoms with E-state index in [1.807, 2.05) is 57.3 Å². The zero-order chi connectivity index (χ0) is 14.5. The molecule has 0 saturated carbocycles. The normalized spacial score (nSPS) is 10.8. The minimum atomic E-state index is -0.224. The van der Waals surface area contributed by atoms with Crippen LogP contribution in [0.2, 0.25) is 0 Å². The van der Waals surface area contributed by atoms with Crippen LogP contribution in [0, 0.1) is 5.82 Å². The Bertz CT molecular complexity index is 581. The molecule has 0 radical (unpaired) electrons. The molecule has 0 aliphatic rings. The third-order valence-electron chi connectivity index (χ3n) is 2.95. The smallest absolute Gasteiger partial charge is 0.131 e. The molecule has 0 spiro atoms. The minimum Gasteiger partial charge on any atom is -0.490 e. The zero-order valence-corrected chi connectivity index (χ0v) is 12.1. The van der Waals surface area contributed by atoms with Crippen LogP contribution in [0.25, 0.3) is 11.1 Å². The third kappa shape index (κ3) is 3.36. The van der Waals surface area contributed by atoms with Gasteiger partial charge in [0.15, 0.2) is 0 Å². The van der Waals surface area contributed by atoms with Crippen LogP contribution in [-0.4, -0.2) is 13.2 Å². The molecule has 2 aromatic rings. The molecule has 0 heterocycles. The van der Waals surface area contributed by atoms with Gasteiger partial charge in [-0.15, -0.1) is 0 Å². The number of hydrogen-bond acceptors (Lipinski definition) is 2. The molecule has 3 heteroatoms. The summed E-state index contributed by atoms with van der Waals surface area (Å²) in [5.41, 5.74) is 2.28. The SMILES string of the molecule is CNCc1ccc(-c2ccccc2OC(C)C)c(F)c1. The van der Waals surface area contributed by atoms with Crippen LogP contribution in [0.15, 0.2) is 42.5 Å². The van der Waals surface area contributed by atoms with Gasteiger partial charge in [-0.05, 0) is 38.6 Å². The lowest BCUT2D eigenvalue weighted by atomic mass is 10.0. The molecule has 2 aromatic carbocycles. The Kier molecular flexibility index (Phi) is 4.74. The van der Waals surface area contributed by atoms with Gasteiger partial charge in [0.25, 0.3) is 0 Å². The molecule has 106 valence electrons. The van der Waals surface area contributed by atoms with Crippen molar-refractivity contribution in [2.24, 2.45) is 0 Å². The van der Waals surface area contributed by atoms with Crippen molar-refractivity contribution in [2.45, 2.75) is 26.5 Å². The summed E-state index contributed by atoms with van der Waals surface area (Å²) in [7, 11) is 1.84. The topological polar surface area (TPSA) is 21.3 Å². The Morgan fingerprint density at radius 1 is 1.10 bits per heavy atom. The molecule has 1 N–H and O–H groups in total. The molecule has 0 aliphatic heterocycles. The average molecular weight is 273 g/mol. The quantitative estimate of drug-likeness (QED) is 0.889. The minimum absolute atomic E-state index is 0.0581. The lowest BCUT2D eigenvalue weighted by Crippen LogP contribution is -2.07. The number of para-hydroxylation sites is 1. The predicted octanol–water partition coefficient (Wildman–Crippen LogP) is 4.00. The van der Waals surface area contributed by atoms with Crippen LogP contribution < -0.4 is 10.1 Å². The first-order valence-electron chi connectivity index (χ1n) is 6.81. The van der Waals surface area contributed by atoms with Gasteiger partial charge < -0.3 is 10.1 Å². The van der Waals surface area contributed by atoms with E-state index in [0.29, 0.717) is 17.9 Å². The maximum Gasteiger partial charge on any atom is 0.131 e. The number of rotatable bonds is 5. The molecule has 0 amide bonds.